The van der Waals surface area contributed by atoms with Gasteiger partial charge in [0, 0.05) is 31.7 Å². The van der Waals surface area contributed by atoms with E-state index in [0.717, 1.165) is 42.2 Å². The van der Waals surface area contributed by atoms with E-state index in [1.54, 1.807) is 6.33 Å². The molecule has 0 spiro atoms. The van der Waals surface area contributed by atoms with Crippen LogP contribution in [0, 0.1) is 5.92 Å². The Balaban J connectivity index is 1.36. The minimum Gasteiger partial charge on any atom is -0.457 e. The first-order chi connectivity index (χ1) is 13.8. The summed E-state index contributed by atoms with van der Waals surface area (Å²) in [7, 11) is 0. The number of ether oxygens (including phenoxy) is 2. The first kappa shape index (κ1) is 16.8. The van der Waals surface area contributed by atoms with Crippen LogP contribution in [-0.4, -0.2) is 27.6 Å². The normalized spacial score (nSPS) is 14.0. The van der Waals surface area contributed by atoms with Crippen LogP contribution in [0.4, 0.5) is 0 Å². The molecule has 6 heteroatoms. The number of rotatable bonds is 6. The van der Waals surface area contributed by atoms with Crippen molar-refractivity contribution in [1.29, 1.82) is 0 Å². The summed E-state index contributed by atoms with van der Waals surface area (Å²) in [4.78, 5) is 8.74. The zero-order chi connectivity index (χ0) is 18.8. The summed E-state index contributed by atoms with van der Waals surface area (Å²) >= 11 is 0. The summed E-state index contributed by atoms with van der Waals surface area (Å²) in [5.74, 6) is 3.47. The number of aromatic nitrogens is 3. The molecule has 2 aromatic heterocycles. The summed E-state index contributed by atoms with van der Waals surface area (Å²) in [6, 6.07) is 19.3. The molecule has 140 valence electrons. The highest BCUT2D eigenvalue weighted by atomic mass is 16.5. The van der Waals surface area contributed by atoms with Crippen LogP contribution in [0.1, 0.15) is 0 Å². The standard InChI is InChI=1S/C22H20N4O2/c1-2-4-17(5-3-1)27-18-6-8-19(9-7-18)28-22-21-20(24-15-25-22)10-11-26(21)14-16-12-23-13-16/h1-11,15-16,23H,12-14H2. The minimum absolute atomic E-state index is 0.569. The number of nitrogens with one attached hydrogen (secondary N) is 1. The smallest absolute Gasteiger partial charge is 0.247 e. The van der Waals surface area contributed by atoms with Crippen molar-refractivity contribution in [2.24, 2.45) is 5.92 Å². The maximum Gasteiger partial charge on any atom is 0.247 e. The third-order valence-corrected chi connectivity index (χ3v) is 4.85. The second-order valence-electron chi connectivity index (χ2n) is 6.89. The summed E-state index contributed by atoms with van der Waals surface area (Å²) in [5.41, 5.74) is 1.82. The lowest BCUT2D eigenvalue weighted by Gasteiger charge is -2.27. The SMILES string of the molecule is c1ccc(Oc2ccc(Oc3ncnc4ccn(CC5CNC5)c34)cc2)cc1. The van der Waals surface area contributed by atoms with E-state index in [-0.39, 0.29) is 0 Å². The van der Waals surface area contributed by atoms with Gasteiger partial charge in [-0.15, -0.1) is 0 Å². The molecular formula is C22H20N4O2. The number of fused-ring (bicyclic) bond motifs is 1. The van der Waals surface area contributed by atoms with E-state index in [2.05, 4.69) is 26.0 Å². The molecule has 1 aliphatic heterocycles. The van der Waals surface area contributed by atoms with Crippen LogP contribution < -0.4 is 14.8 Å². The molecule has 28 heavy (non-hydrogen) atoms. The van der Waals surface area contributed by atoms with Crippen molar-refractivity contribution in [3.63, 3.8) is 0 Å². The Morgan fingerprint density at radius 2 is 1.57 bits per heavy atom. The van der Waals surface area contributed by atoms with E-state index < -0.39 is 0 Å². The lowest BCUT2D eigenvalue weighted by Crippen LogP contribution is -2.44. The van der Waals surface area contributed by atoms with Gasteiger partial charge < -0.3 is 19.4 Å². The molecule has 0 unspecified atom stereocenters. The molecule has 0 atom stereocenters. The van der Waals surface area contributed by atoms with Crippen molar-refractivity contribution in [3.8, 4) is 23.1 Å². The zero-order valence-corrected chi connectivity index (χ0v) is 15.3. The van der Waals surface area contributed by atoms with Crippen LogP contribution in [0.15, 0.2) is 73.2 Å². The van der Waals surface area contributed by atoms with E-state index >= 15 is 0 Å². The van der Waals surface area contributed by atoms with E-state index in [1.807, 2.05) is 60.7 Å². The van der Waals surface area contributed by atoms with Crippen LogP contribution in [0.2, 0.25) is 0 Å². The summed E-state index contributed by atoms with van der Waals surface area (Å²) in [6.07, 6.45) is 3.60. The highest BCUT2D eigenvalue weighted by Crippen LogP contribution is 2.30. The largest absolute Gasteiger partial charge is 0.457 e. The Hall–Kier alpha value is -3.38. The molecule has 1 N–H and O–H groups in total. The Bertz CT molecular complexity index is 1070. The lowest BCUT2D eigenvalue weighted by molar-refractivity contribution is 0.309. The van der Waals surface area contributed by atoms with Crippen molar-refractivity contribution < 1.29 is 9.47 Å². The van der Waals surface area contributed by atoms with Gasteiger partial charge in [0.15, 0.2) is 0 Å². The monoisotopic (exact) mass is 372 g/mol. The van der Waals surface area contributed by atoms with Gasteiger partial charge in [-0.05, 0) is 42.5 Å². The molecule has 0 aliphatic carbocycles. The predicted molar refractivity (Wildman–Crippen MR) is 107 cm³/mol. The van der Waals surface area contributed by atoms with E-state index in [0.29, 0.717) is 17.5 Å². The van der Waals surface area contributed by atoms with Gasteiger partial charge in [-0.3, -0.25) is 0 Å². The van der Waals surface area contributed by atoms with Crippen molar-refractivity contribution in [1.82, 2.24) is 19.9 Å². The van der Waals surface area contributed by atoms with E-state index in [4.69, 9.17) is 9.47 Å². The number of nitrogens with zero attached hydrogens (tertiary/aromatic N) is 3. The molecule has 0 bridgehead atoms. The van der Waals surface area contributed by atoms with E-state index in [9.17, 15) is 0 Å². The number of benzene rings is 2. The third-order valence-electron chi connectivity index (χ3n) is 4.85. The lowest BCUT2D eigenvalue weighted by atomic mass is 10.0. The molecule has 2 aromatic carbocycles. The Labute approximate surface area is 162 Å². The fourth-order valence-corrected chi connectivity index (χ4v) is 3.30. The highest BCUT2D eigenvalue weighted by molar-refractivity contribution is 5.80. The molecule has 6 nitrogen and oxygen atoms in total. The van der Waals surface area contributed by atoms with Gasteiger partial charge >= 0.3 is 0 Å². The van der Waals surface area contributed by atoms with Crippen molar-refractivity contribution in [3.05, 3.63) is 73.2 Å². The molecule has 1 aliphatic rings. The van der Waals surface area contributed by atoms with Gasteiger partial charge in [0.2, 0.25) is 5.88 Å². The number of hydrogen-bond acceptors (Lipinski definition) is 5. The minimum atomic E-state index is 0.569. The average Bonchev–Trinajstić information content (AvgIpc) is 3.11. The molecule has 4 aromatic rings. The summed E-state index contributed by atoms with van der Waals surface area (Å²) < 4.78 is 14.1. The maximum absolute atomic E-state index is 6.09. The fraction of sp³-hybridized carbons (Fsp3) is 0.182. The molecule has 5 rings (SSSR count). The highest BCUT2D eigenvalue weighted by Gasteiger charge is 2.19. The molecule has 0 amide bonds. The van der Waals surface area contributed by atoms with Crippen LogP contribution in [0.3, 0.4) is 0 Å². The predicted octanol–water partition coefficient (Wildman–Crippen LogP) is 4.24. The Morgan fingerprint density at radius 3 is 2.29 bits per heavy atom. The van der Waals surface area contributed by atoms with Gasteiger partial charge in [-0.1, -0.05) is 18.2 Å². The van der Waals surface area contributed by atoms with E-state index in [1.165, 1.54) is 0 Å². The van der Waals surface area contributed by atoms with Gasteiger partial charge in [0.1, 0.15) is 29.1 Å². The van der Waals surface area contributed by atoms with Crippen LogP contribution in [0.5, 0.6) is 23.1 Å². The third kappa shape index (κ3) is 3.42. The van der Waals surface area contributed by atoms with Crippen LogP contribution in [-0.2, 0) is 6.54 Å². The number of para-hydroxylation sites is 1. The molecule has 1 saturated heterocycles. The van der Waals surface area contributed by atoms with Crippen molar-refractivity contribution in [2.45, 2.75) is 6.54 Å². The average molecular weight is 372 g/mol. The second kappa shape index (κ2) is 7.32. The molecule has 0 saturated carbocycles. The molecule has 0 radical (unpaired) electrons. The first-order valence-corrected chi connectivity index (χ1v) is 9.36. The molecular weight excluding hydrogens is 352 g/mol. The Morgan fingerprint density at radius 1 is 0.857 bits per heavy atom. The van der Waals surface area contributed by atoms with Gasteiger partial charge in [0.25, 0.3) is 0 Å². The van der Waals surface area contributed by atoms with Gasteiger partial charge in [0.05, 0.1) is 5.52 Å². The van der Waals surface area contributed by atoms with Crippen molar-refractivity contribution in [2.75, 3.05) is 13.1 Å². The zero-order valence-electron chi connectivity index (χ0n) is 15.3. The summed E-state index contributed by atoms with van der Waals surface area (Å²) in [6.45, 7) is 3.03. The van der Waals surface area contributed by atoms with Crippen molar-refractivity contribution >= 4 is 11.0 Å². The Kier molecular flexibility index (Phi) is 4.39. The fourth-order valence-electron chi connectivity index (χ4n) is 3.30. The van der Waals surface area contributed by atoms with Gasteiger partial charge in [-0.2, -0.15) is 4.98 Å². The van der Waals surface area contributed by atoms with Crippen LogP contribution >= 0.6 is 0 Å². The first-order valence-electron chi connectivity index (χ1n) is 9.36. The number of hydrogen-bond donors (Lipinski definition) is 1. The molecule has 1 fully saturated rings. The molecule has 3 heterocycles. The summed E-state index contributed by atoms with van der Waals surface area (Å²) in [5, 5.41) is 3.31. The maximum atomic E-state index is 6.09. The second-order valence-corrected chi connectivity index (χ2v) is 6.89. The topological polar surface area (TPSA) is 61.2 Å². The quantitative estimate of drug-likeness (QED) is 0.549. The van der Waals surface area contributed by atoms with Gasteiger partial charge in [-0.25, -0.2) is 4.98 Å². The van der Waals surface area contributed by atoms with Crippen LogP contribution in [0.25, 0.3) is 11.0 Å².